The average Bonchev–Trinajstić information content (AvgIpc) is 2.81. The smallest absolute Gasteiger partial charge is 0.243 e. The van der Waals surface area contributed by atoms with Gasteiger partial charge in [0.25, 0.3) is 0 Å². The maximum Gasteiger partial charge on any atom is 0.243 e. The summed E-state index contributed by atoms with van der Waals surface area (Å²) in [5.41, 5.74) is 1.59. The van der Waals surface area contributed by atoms with Gasteiger partial charge >= 0.3 is 0 Å². The standard InChI is InChI=1S/C22H32N6O3S/c1-17-18(2)20(6-5-19(17)31-4)32(29,30)28-13-11-27(12-14-28)22-15-21(23-16-24-22)26-9-7-25(3)8-10-26/h5-6,15-16H,7-14H2,1-4H3. The van der Waals surface area contributed by atoms with Crippen LogP contribution in [-0.2, 0) is 10.0 Å². The van der Waals surface area contributed by atoms with Crippen molar-refractivity contribution in [3.63, 3.8) is 0 Å². The first-order valence-electron chi connectivity index (χ1n) is 11.0. The molecule has 0 atom stereocenters. The van der Waals surface area contributed by atoms with Gasteiger partial charge in [0, 0.05) is 58.4 Å². The molecule has 0 spiro atoms. The number of piperazine rings is 2. The molecule has 2 aliphatic heterocycles. The van der Waals surface area contributed by atoms with E-state index < -0.39 is 10.0 Å². The van der Waals surface area contributed by atoms with E-state index in [-0.39, 0.29) is 0 Å². The highest BCUT2D eigenvalue weighted by molar-refractivity contribution is 7.89. The average molecular weight is 461 g/mol. The van der Waals surface area contributed by atoms with Gasteiger partial charge in [-0.3, -0.25) is 0 Å². The van der Waals surface area contributed by atoms with Crippen LogP contribution in [0.2, 0.25) is 0 Å². The quantitative estimate of drug-likeness (QED) is 0.662. The molecular weight excluding hydrogens is 428 g/mol. The highest BCUT2D eigenvalue weighted by Gasteiger charge is 2.31. The number of aromatic nitrogens is 2. The maximum absolute atomic E-state index is 13.3. The van der Waals surface area contributed by atoms with Crippen LogP contribution >= 0.6 is 0 Å². The minimum atomic E-state index is -3.57. The highest BCUT2D eigenvalue weighted by atomic mass is 32.2. The van der Waals surface area contributed by atoms with Gasteiger partial charge in [0.05, 0.1) is 12.0 Å². The molecule has 0 saturated carbocycles. The van der Waals surface area contributed by atoms with Gasteiger partial charge in [-0.25, -0.2) is 18.4 Å². The lowest BCUT2D eigenvalue weighted by atomic mass is 10.1. The zero-order valence-electron chi connectivity index (χ0n) is 19.3. The first-order chi connectivity index (χ1) is 15.3. The van der Waals surface area contributed by atoms with Gasteiger partial charge in [0.1, 0.15) is 23.7 Å². The molecule has 32 heavy (non-hydrogen) atoms. The molecule has 1 aromatic heterocycles. The molecule has 3 heterocycles. The molecule has 0 radical (unpaired) electrons. The zero-order valence-corrected chi connectivity index (χ0v) is 20.1. The third kappa shape index (κ3) is 4.39. The van der Waals surface area contributed by atoms with Gasteiger partial charge in [0.2, 0.25) is 10.0 Å². The summed E-state index contributed by atoms with van der Waals surface area (Å²) in [5.74, 6) is 2.48. The molecule has 0 amide bonds. The molecule has 10 heteroatoms. The molecule has 0 N–H and O–H groups in total. The van der Waals surface area contributed by atoms with Gasteiger partial charge in [-0.05, 0) is 44.2 Å². The van der Waals surface area contributed by atoms with Gasteiger partial charge in [0.15, 0.2) is 0 Å². The summed E-state index contributed by atoms with van der Waals surface area (Å²) in [6.07, 6.45) is 1.61. The molecule has 4 rings (SSSR count). The van der Waals surface area contributed by atoms with E-state index in [1.807, 2.05) is 19.9 Å². The second kappa shape index (κ2) is 9.21. The van der Waals surface area contributed by atoms with Crippen LogP contribution in [0.4, 0.5) is 11.6 Å². The van der Waals surface area contributed by atoms with Crippen molar-refractivity contribution >= 4 is 21.7 Å². The molecular formula is C22H32N6O3S. The van der Waals surface area contributed by atoms with Crippen LogP contribution in [0.25, 0.3) is 0 Å². The summed E-state index contributed by atoms with van der Waals surface area (Å²) in [7, 11) is 0.154. The Balaban J connectivity index is 1.45. The summed E-state index contributed by atoms with van der Waals surface area (Å²) in [6.45, 7) is 9.65. The molecule has 2 fully saturated rings. The largest absolute Gasteiger partial charge is 0.496 e. The van der Waals surface area contributed by atoms with E-state index in [9.17, 15) is 8.42 Å². The maximum atomic E-state index is 13.3. The lowest BCUT2D eigenvalue weighted by Gasteiger charge is -2.36. The lowest BCUT2D eigenvalue weighted by Crippen LogP contribution is -2.49. The van der Waals surface area contributed by atoms with Crippen LogP contribution in [-0.4, -0.2) is 94.1 Å². The van der Waals surface area contributed by atoms with Crippen molar-refractivity contribution in [3.05, 3.63) is 35.7 Å². The van der Waals surface area contributed by atoms with Crippen molar-refractivity contribution in [2.45, 2.75) is 18.7 Å². The Hall–Kier alpha value is -2.43. The molecule has 0 aliphatic carbocycles. The Morgan fingerprint density at radius 3 is 1.97 bits per heavy atom. The van der Waals surface area contributed by atoms with Crippen LogP contribution in [0.15, 0.2) is 29.4 Å². The van der Waals surface area contributed by atoms with Gasteiger partial charge < -0.3 is 19.4 Å². The van der Waals surface area contributed by atoms with E-state index in [0.29, 0.717) is 36.8 Å². The number of likely N-dealkylation sites (N-methyl/N-ethyl adjacent to an activating group) is 1. The predicted molar refractivity (Wildman–Crippen MR) is 125 cm³/mol. The Kier molecular flexibility index (Phi) is 6.55. The summed E-state index contributed by atoms with van der Waals surface area (Å²) >= 11 is 0. The fraction of sp³-hybridized carbons (Fsp3) is 0.545. The Labute approximate surface area is 190 Å². The predicted octanol–water partition coefficient (Wildman–Crippen LogP) is 1.36. The van der Waals surface area contributed by atoms with Gasteiger partial charge in [-0.15, -0.1) is 0 Å². The molecule has 2 saturated heterocycles. The lowest BCUT2D eigenvalue weighted by molar-refractivity contribution is 0.312. The molecule has 0 unspecified atom stereocenters. The van der Waals surface area contributed by atoms with Crippen molar-refractivity contribution < 1.29 is 13.2 Å². The molecule has 1 aromatic carbocycles. The van der Waals surface area contributed by atoms with E-state index in [4.69, 9.17) is 4.74 Å². The van der Waals surface area contributed by atoms with Gasteiger partial charge in [-0.1, -0.05) is 0 Å². The Morgan fingerprint density at radius 2 is 1.41 bits per heavy atom. The number of nitrogens with zero attached hydrogens (tertiary/aromatic N) is 6. The fourth-order valence-electron chi connectivity index (χ4n) is 4.29. The number of methoxy groups -OCH3 is 1. The van der Waals surface area contributed by atoms with Crippen LogP contribution < -0.4 is 14.5 Å². The highest BCUT2D eigenvalue weighted by Crippen LogP contribution is 2.29. The molecule has 9 nitrogen and oxygen atoms in total. The van der Waals surface area contributed by atoms with Crippen LogP contribution in [0.3, 0.4) is 0 Å². The number of hydrogen-bond donors (Lipinski definition) is 0. The number of sulfonamides is 1. The van der Waals surface area contributed by atoms with Crippen LogP contribution in [0, 0.1) is 13.8 Å². The van der Waals surface area contributed by atoms with E-state index in [0.717, 1.165) is 48.9 Å². The monoisotopic (exact) mass is 460 g/mol. The first kappa shape index (κ1) is 22.8. The number of ether oxygens (including phenoxy) is 1. The van der Waals surface area contributed by atoms with Gasteiger partial charge in [-0.2, -0.15) is 4.31 Å². The molecule has 0 bridgehead atoms. The van der Waals surface area contributed by atoms with Crippen LogP contribution in [0.1, 0.15) is 11.1 Å². The second-order valence-corrected chi connectivity index (χ2v) is 10.3. The van der Waals surface area contributed by atoms with E-state index in [1.165, 1.54) is 0 Å². The number of rotatable bonds is 5. The van der Waals surface area contributed by atoms with E-state index >= 15 is 0 Å². The Morgan fingerprint density at radius 1 is 0.844 bits per heavy atom. The van der Waals surface area contributed by atoms with E-state index in [2.05, 4.69) is 31.7 Å². The minimum absolute atomic E-state index is 0.351. The van der Waals surface area contributed by atoms with E-state index in [1.54, 1.807) is 29.9 Å². The fourth-order valence-corrected chi connectivity index (χ4v) is 5.99. The normalized spacial score (nSPS) is 18.8. The number of anilines is 2. The number of hydrogen-bond acceptors (Lipinski definition) is 8. The minimum Gasteiger partial charge on any atom is -0.496 e. The zero-order chi connectivity index (χ0) is 22.9. The second-order valence-electron chi connectivity index (χ2n) is 8.43. The number of benzene rings is 1. The van der Waals surface area contributed by atoms with Crippen molar-refractivity contribution in [1.82, 2.24) is 19.2 Å². The molecule has 2 aromatic rings. The van der Waals surface area contributed by atoms with Crippen molar-refractivity contribution in [2.75, 3.05) is 76.3 Å². The molecule has 2 aliphatic rings. The summed E-state index contributed by atoms with van der Waals surface area (Å²) in [5, 5.41) is 0. The molecule has 174 valence electrons. The van der Waals surface area contributed by atoms with Crippen molar-refractivity contribution in [3.8, 4) is 5.75 Å². The summed E-state index contributed by atoms with van der Waals surface area (Å²) in [6, 6.07) is 5.40. The Bertz CT molecular complexity index is 1060. The van der Waals surface area contributed by atoms with Crippen LogP contribution in [0.5, 0.6) is 5.75 Å². The first-order valence-corrected chi connectivity index (χ1v) is 12.4. The summed E-state index contributed by atoms with van der Waals surface area (Å²) < 4.78 is 33.5. The van der Waals surface area contributed by atoms with Crippen molar-refractivity contribution in [2.24, 2.45) is 0 Å². The third-order valence-electron chi connectivity index (χ3n) is 6.55. The third-order valence-corrected chi connectivity index (χ3v) is 8.60. The summed E-state index contributed by atoms with van der Waals surface area (Å²) in [4.78, 5) is 16.0. The SMILES string of the molecule is COc1ccc(S(=O)(=O)N2CCN(c3cc(N4CCN(C)CC4)ncn3)CC2)c(C)c1C. The topological polar surface area (TPSA) is 82.1 Å². The van der Waals surface area contributed by atoms with Crippen molar-refractivity contribution in [1.29, 1.82) is 0 Å².